The molecule has 4 nitrogen and oxygen atoms in total. The molecule has 0 radical (unpaired) electrons. The maximum Gasteiger partial charge on any atom is 0.259 e. The number of hydrogen-bond donors (Lipinski definition) is 1. The fraction of sp³-hybridized carbons (Fsp3) is 0.200. The van der Waals surface area contributed by atoms with E-state index in [1.54, 1.807) is 12.1 Å². The number of pyridine rings is 1. The number of anilines is 2. The molecule has 1 amide bonds. The van der Waals surface area contributed by atoms with Crippen molar-refractivity contribution in [3.8, 4) is 0 Å². The number of benzene rings is 1. The van der Waals surface area contributed by atoms with Gasteiger partial charge < -0.3 is 10.6 Å². The number of rotatable bonds is 1. The summed E-state index contributed by atoms with van der Waals surface area (Å²) in [7, 11) is 0. The minimum atomic E-state index is -0.0142. The summed E-state index contributed by atoms with van der Waals surface area (Å²) in [5.41, 5.74) is 8.36. The molecule has 0 fully saturated rings. The molecule has 2 heterocycles. The number of aromatic nitrogens is 1. The van der Waals surface area contributed by atoms with E-state index >= 15 is 0 Å². The van der Waals surface area contributed by atoms with E-state index in [1.807, 2.05) is 23.1 Å². The van der Waals surface area contributed by atoms with Crippen molar-refractivity contribution in [2.24, 2.45) is 0 Å². The molecule has 0 unspecified atom stereocenters. The molecule has 96 valence electrons. The summed E-state index contributed by atoms with van der Waals surface area (Å²) in [6.45, 7) is 0.750. The summed E-state index contributed by atoms with van der Waals surface area (Å²) in [5.74, 6) is 0.412. The van der Waals surface area contributed by atoms with Crippen LogP contribution in [-0.4, -0.2) is 17.4 Å². The van der Waals surface area contributed by atoms with Crippen molar-refractivity contribution in [2.75, 3.05) is 17.2 Å². The van der Waals surface area contributed by atoms with Crippen molar-refractivity contribution >= 4 is 17.4 Å². The Bertz CT molecular complexity index is 607. The van der Waals surface area contributed by atoms with Crippen LogP contribution in [0.2, 0.25) is 0 Å². The van der Waals surface area contributed by atoms with Gasteiger partial charge in [-0.2, -0.15) is 0 Å². The van der Waals surface area contributed by atoms with Crippen molar-refractivity contribution in [2.45, 2.75) is 12.8 Å². The molecule has 1 aromatic carbocycles. The van der Waals surface area contributed by atoms with Crippen LogP contribution in [0.1, 0.15) is 22.3 Å². The van der Waals surface area contributed by atoms with E-state index in [2.05, 4.69) is 11.1 Å². The van der Waals surface area contributed by atoms with Gasteiger partial charge in [0.1, 0.15) is 5.82 Å². The molecule has 0 saturated heterocycles. The quantitative estimate of drug-likeness (QED) is 0.848. The molecule has 2 aromatic rings. The number of amides is 1. The van der Waals surface area contributed by atoms with Crippen LogP contribution in [0.4, 0.5) is 11.5 Å². The normalized spacial score (nSPS) is 14.0. The number of carbonyl (C=O) groups is 1. The first-order chi connectivity index (χ1) is 9.25. The topological polar surface area (TPSA) is 59.2 Å². The average molecular weight is 253 g/mol. The van der Waals surface area contributed by atoms with E-state index in [9.17, 15) is 4.79 Å². The van der Waals surface area contributed by atoms with Crippen molar-refractivity contribution in [1.29, 1.82) is 0 Å². The smallest absolute Gasteiger partial charge is 0.259 e. The largest absolute Gasteiger partial charge is 0.384 e. The summed E-state index contributed by atoms with van der Waals surface area (Å²) >= 11 is 0. The number of carbonyl (C=O) groups excluding carboxylic acids is 1. The monoisotopic (exact) mass is 253 g/mol. The molecule has 0 saturated carbocycles. The minimum absolute atomic E-state index is 0.0142. The molecule has 19 heavy (non-hydrogen) atoms. The maximum atomic E-state index is 12.5. The summed E-state index contributed by atoms with van der Waals surface area (Å²) in [5, 5.41) is 0. The highest BCUT2D eigenvalue weighted by molar-refractivity contribution is 6.06. The zero-order chi connectivity index (χ0) is 13.2. The molecule has 0 spiro atoms. The molecule has 1 aromatic heterocycles. The number of aryl methyl sites for hydroxylation is 1. The zero-order valence-electron chi connectivity index (χ0n) is 10.5. The lowest BCUT2D eigenvalue weighted by molar-refractivity contribution is 0.0985. The van der Waals surface area contributed by atoms with Crippen LogP contribution in [0, 0.1) is 0 Å². The zero-order valence-corrected chi connectivity index (χ0v) is 10.5. The molecule has 2 N–H and O–H groups in total. The number of nitrogens with two attached hydrogens (primary N) is 1. The molecule has 0 bridgehead atoms. The van der Waals surface area contributed by atoms with Crippen LogP contribution in [-0.2, 0) is 6.42 Å². The highest BCUT2D eigenvalue weighted by Gasteiger charge is 2.23. The van der Waals surface area contributed by atoms with Gasteiger partial charge in [-0.3, -0.25) is 4.79 Å². The van der Waals surface area contributed by atoms with E-state index in [0.29, 0.717) is 11.4 Å². The summed E-state index contributed by atoms with van der Waals surface area (Å²) < 4.78 is 0. The Morgan fingerprint density at radius 3 is 2.84 bits per heavy atom. The van der Waals surface area contributed by atoms with Crippen LogP contribution >= 0.6 is 0 Å². The van der Waals surface area contributed by atoms with Gasteiger partial charge in [0.05, 0.1) is 5.56 Å². The van der Waals surface area contributed by atoms with Gasteiger partial charge >= 0.3 is 0 Å². The summed E-state index contributed by atoms with van der Waals surface area (Å²) in [6, 6.07) is 11.4. The Labute approximate surface area is 111 Å². The van der Waals surface area contributed by atoms with Crippen LogP contribution in [0.15, 0.2) is 42.6 Å². The van der Waals surface area contributed by atoms with Crippen molar-refractivity contribution < 1.29 is 4.79 Å². The first-order valence-corrected chi connectivity index (χ1v) is 6.37. The van der Waals surface area contributed by atoms with Gasteiger partial charge in [-0.05, 0) is 36.6 Å². The van der Waals surface area contributed by atoms with Crippen LogP contribution < -0.4 is 10.6 Å². The first-order valence-electron chi connectivity index (χ1n) is 6.37. The lowest BCUT2D eigenvalue weighted by Crippen LogP contribution is -2.35. The number of nitrogen functional groups attached to an aromatic ring is 1. The van der Waals surface area contributed by atoms with Crippen LogP contribution in [0.25, 0.3) is 0 Å². The maximum absolute atomic E-state index is 12.5. The Kier molecular flexibility index (Phi) is 2.91. The van der Waals surface area contributed by atoms with E-state index in [-0.39, 0.29) is 5.91 Å². The van der Waals surface area contributed by atoms with Gasteiger partial charge in [0.15, 0.2) is 0 Å². The third-order valence-corrected chi connectivity index (χ3v) is 3.39. The fourth-order valence-electron chi connectivity index (χ4n) is 2.43. The van der Waals surface area contributed by atoms with Crippen molar-refractivity contribution in [3.05, 3.63) is 53.7 Å². The molecular formula is C15H15N3O. The summed E-state index contributed by atoms with van der Waals surface area (Å²) in [6.07, 6.45) is 3.56. The predicted molar refractivity (Wildman–Crippen MR) is 75.1 cm³/mol. The van der Waals surface area contributed by atoms with E-state index < -0.39 is 0 Å². The Morgan fingerprint density at radius 2 is 2.05 bits per heavy atom. The van der Waals surface area contributed by atoms with E-state index in [1.165, 1.54) is 11.8 Å². The molecule has 4 heteroatoms. The molecule has 3 rings (SSSR count). The van der Waals surface area contributed by atoms with Gasteiger partial charge in [-0.15, -0.1) is 0 Å². The van der Waals surface area contributed by atoms with Gasteiger partial charge in [0, 0.05) is 18.4 Å². The second kappa shape index (κ2) is 4.72. The number of hydrogen-bond acceptors (Lipinski definition) is 3. The highest BCUT2D eigenvalue weighted by atomic mass is 16.2. The average Bonchev–Trinajstić information content (AvgIpc) is 2.47. The van der Waals surface area contributed by atoms with Crippen LogP contribution in [0.5, 0.6) is 0 Å². The lowest BCUT2D eigenvalue weighted by atomic mass is 10.0. The molecule has 0 atom stereocenters. The highest BCUT2D eigenvalue weighted by Crippen LogP contribution is 2.27. The third kappa shape index (κ3) is 2.17. The van der Waals surface area contributed by atoms with Gasteiger partial charge in [0.2, 0.25) is 0 Å². The SMILES string of the molecule is Nc1ccc(C(=O)N2CCCc3ccccc32)cn1. The number of fused-ring (bicyclic) bond motifs is 1. The molecule has 1 aliphatic rings. The molecule has 1 aliphatic heterocycles. The predicted octanol–water partition coefficient (Wildman–Crippen LogP) is 2.26. The van der Waals surface area contributed by atoms with Gasteiger partial charge in [-0.25, -0.2) is 4.98 Å². The van der Waals surface area contributed by atoms with Crippen molar-refractivity contribution in [1.82, 2.24) is 4.98 Å². The first kappa shape index (κ1) is 11.7. The Balaban J connectivity index is 1.95. The number of para-hydroxylation sites is 1. The van der Waals surface area contributed by atoms with Gasteiger partial charge in [0.25, 0.3) is 5.91 Å². The Morgan fingerprint density at radius 1 is 1.21 bits per heavy atom. The standard InChI is InChI=1S/C15H15N3O/c16-14-8-7-12(10-17-14)15(19)18-9-3-5-11-4-1-2-6-13(11)18/h1-2,4,6-8,10H,3,5,9H2,(H2,16,17). The Hall–Kier alpha value is -2.36. The van der Waals surface area contributed by atoms with E-state index in [4.69, 9.17) is 5.73 Å². The van der Waals surface area contributed by atoms with E-state index in [0.717, 1.165) is 25.1 Å². The van der Waals surface area contributed by atoms with Gasteiger partial charge in [-0.1, -0.05) is 18.2 Å². The summed E-state index contributed by atoms with van der Waals surface area (Å²) in [4.78, 5) is 18.3. The molecule has 0 aliphatic carbocycles. The van der Waals surface area contributed by atoms with Crippen LogP contribution in [0.3, 0.4) is 0 Å². The second-order valence-electron chi connectivity index (χ2n) is 4.66. The fourth-order valence-corrected chi connectivity index (χ4v) is 2.43. The number of nitrogens with zero attached hydrogens (tertiary/aromatic N) is 2. The second-order valence-corrected chi connectivity index (χ2v) is 4.66. The van der Waals surface area contributed by atoms with Crippen molar-refractivity contribution in [3.63, 3.8) is 0 Å². The minimum Gasteiger partial charge on any atom is -0.384 e. The molecular weight excluding hydrogens is 238 g/mol. The third-order valence-electron chi connectivity index (χ3n) is 3.39. The lowest BCUT2D eigenvalue weighted by Gasteiger charge is -2.29.